The second-order valence-corrected chi connectivity index (χ2v) is 6.28. The molecule has 97 valence electrons. The molecule has 1 nitrogen and oxygen atoms in total. The molecule has 0 fully saturated rings. The first-order valence-corrected chi connectivity index (χ1v) is 6.92. The smallest absolute Gasteiger partial charge is 0.111 e. The second-order valence-electron chi connectivity index (χ2n) is 6.28. The minimum absolute atomic E-state index is 0.0142. The molecule has 17 heavy (non-hydrogen) atoms. The van der Waals surface area contributed by atoms with E-state index in [2.05, 4.69) is 54.8 Å². The third-order valence-electron chi connectivity index (χ3n) is 4.14. The van der Waals surface area contributed by atoms with Crippen molar-refractivity contribution >= 4 is 7.28 Å². The first-order chi connectivity index (χ1) is 7.88. The van der Waals surface area contributed by atoms with Gasteiger partial charge in [-0.15, -0.1) is 0 Å². The zero-order chi connectivity index (χ0) is 13.2. The summed E-state index contributed by atoms with van der Waals surface area (Å²) in [5, 5.41) is 0. The van der Waals surface area contributed by atoms with Crippen molar-refractivity contribution in [1.29, 1.82) is 0 Å². The summed E-state index contributed by atoms with van der Waals surface area (Å²) in [6.07, 6.45) is 3.47. The predicted molar refractivity (Wildman–Crippen MR) is 76.6 cm³/mol. The maximum Gasteiger partial charge on any atom is 0.111 e. The fraction of sp³-hybridized carbons (Fsp3) is 0.867. The molecule has 3 unspecified atom stereocenters. The summed E-state index contributed by atoms with van der Waals surface area (Å²) in [4.78, 5) is 0. The van der Waals surface area contributed by atoms with Crippen molar-refractivity contribution < 1.29 is 4.74 Å². The van der Waals surface area contributed by atoms with Crippen molar-refractivity contribution in [3.05, 3.63) is 11.6 Å². The molecule has 0 spiro atoms. The fourth-order valence-electron chi connectivity index (χ4n) is 3.54. The zero-order valence-corrected chi connectivity index (χ0v) is 12.6. The van der Waals surface area contributed by atoms with Crippen LogP contribution in [0.3, 0.4) is 0 Å². The van der Waals surface area contributed by atoms with E-state index in [0.29, 0.717) is 23.6 Å². The number of rotatable bonds is 6. The van der Waals surface area contributed by atoms with Crippen LogP contribution < -0.4 is 0 Å². The van der Waals surface area contributed by atoms with Crippen LogP contribution >= 0.6 is 0 Å². The molecule has 1 radical (unpaired) electrons. The Morgan fingerprint density at radius 2 is 1.94 bits per heavy atom. The lowest BCUT2D eigenvalue weighted by molar-refractivity contribution is -0.0478. The van der Waals surface area contributed by atoms with Crippen LogP contribution in [0.2, 0.25) is 12.6 Å². The quantitative estimate of drug-likeness (QED) is 0.495. The van der Waals surface area contributed by atoms with Gasteiger partial charge in [0.2, 0.25) is 0 Å². The van der Waals surface area contributed by atoms with E-state index < -0.39 is 0 Å². The highest BCUT2D eigenvalue weighted by Crippen LogP contribution is 2.51. The van der Waals surface area contributed by atoms with Crippen molar-refractivity contribution in [2.24, 2.45) is 17.8 Å². The Hall–Kier alpha value is -0.235. The van der Waals surface area contributed by atoms with E-state index in [4.69, 9.17) is 4.74 Å². The molecular weight excluding hydrogens is 207 g/mol. The first-order valence-electron chi connectivity index (χ1n) is 6.92. The standard InChI is InChI=1S/C15H28BO/c1-10(2)8-15(17-7)9-12(5)13(15)14(16-6)11(3)4/h9-11,13-14H,8H2,1-7H3. The lowest BCUT2D eigenvalue weighted by Crippen LogP contribution is -2.50. The molecule has 2 heteroatoms. The van der Waals surface area contributed by atoms with Crippen molar-refractivity contribution in [2.45, 2.75) is 59.3 Å². The van der Waals surface area contributed by atoms with Gasteiger partial charge in [-0.2, -0.15) is 0 Å². The molecule has 1 rings (SSSR count). The van der Waals surface area contributed by atoms with Crippen molar-refractivity contribution in [3.8, 4) is 0 Å². The molecule has 0 amide bonds. The topological polar surface area (TPSA) is 9.23 Å². The minimum Gasteiger partial charge on any atom is -0.374 e. The van der Waals surface area contributed by atoms with E-state index in [0.717, 1.165) is 6.42 Å². The van der Waals surface area contributed by atoms with Gasteiger partial charge in [-0.1, -0.05) is 57.9 Å². The normalized spacial score (nSPS) is 30.2. The van der Waals surface area contributed by atoms with Crippen LogP contribution in [0.25, 0.3) is 0 Å². The number of methoxy groups -OCH3 is 1. The highest BCUT2D eigenvalue weighted by Gasteiger charge is 2.49. The fourth-order valence-corrected chi connectivity index (χ4v) is 3.54. The molecule has 3 atom stereocenters. The monoisotopic (exact) mass is 235 g/mol. The molecule has 0 aromatic carbocycles. The molecule has 1 aliphatic rings. The van der Waals surface area contributed by atoms with E-state index in [-0.39, 0.29) is 5.60 Å². The molecule has 0 saturated heterocycles. The van der Waals surface area contributed by atoms with E-state index in [1.165, 1.54) is 5.57 Å². The van der Waals surface area contributed by atoms with Gasteiger partial charge in [0.15, 0.2) is 0 Å². The lowest BCUT2D eigenvalue weighted by atomic mass is 9.48. The summed E-state index contributed by atoms with van der Waals surface area (Å²) in [7, 11) is 4.23. The Morgan fingerprint density at radius 1 is 1.35 bits per heavy atom. The molecular formula is C15H28BO. The Bertz CT molecular complexity index is 283. The number of hydrogen-bond acceptors (Lipinski definition) is 1. The molecule has 0 aromatic heterocycles. The van der Waals surface area contributed by atoms with Crippen LogP contribution in [0.1, 0.15) is 41.0 Å². The number of ether oxygens (including phenoxy) is 1. The Morgan fingerprint density at radius 3 is 2.24 bits per heavy atom. The van der Waals surface area contributed by atoms with Crippen LogP contribution in [-0.2, 0) is 4.74 Å². The first kappa shape index (κ1) is 14.8. The van der Waals surface area contributed by atoms with Crippen LogP contribution in [0, 0.1) is 17.8 Å². The Kier molecular flexibility index (Phi) is 4.89. The molecule has 0 N–H and O–H groups in total. The van der Waals surface area contributed by atoms with Crippen LogP contribution in [0.15, 0.2) is 11.6 Å². The average molecular weight is 235 g/mol. The van der Waals surface area contributed by atoms with Crippen LogP contribution in [0.4, 0.5) is 0 Å². The third kappa shape index (κ3) is 2.78. The van der Waals surface area contributed by atoms with Crippen molar-refractivity contribution in [1.82, 2.24) is 0 Å². The lowest BCUT2D eigenvalue weighted by Gasteiger charge is -2.51. The van der Waals surface area contributed by atoms with Gasteiger partial charge < -0.3 is 4.74 Å². The third-order valence-corrected chi connectivity index (χ3v) is 4.14. The highest BCUT2D eigenvalue weighted by molar-refractivity contribution is 6.36. The van der Waals surface area contributed by atoms with Crippen LogP contribution in [-0.4, -0.2) is 20.0 Å². The van der Waals surface area contributed by atoms with Gasteiger partial charge in [-0.05, 0) is 19.3 Å². The molecule has 0 bridgehead atoms. The van der Waals surface area contributed by atoms with E-state index in [1.54, 1.807) is 0 Å². The average Bonchev–Trinajstić information content (AvgIpc) is 2.23. The maximum absolute atomic E-state index is 5.90. The summed E-state index contributed by atoms with van der Waals surface area (Å²) in [6, 6.07) is 0. The van der Waals surface area contributed by atoms with E-state index in [9.17, 15) is 0 Å². The molecule has 0 heterocycles. The van der Waals surface area contributed by atoms with Crippen molar-refractivity contribution in [3.63, 3.8) is 0 Å². The predicted octanol–water partition coefficient (Wildman–Crippen LogP) is 4.19. The SMILES string of the molecule is C[B]C(C(C)C)C1C(C)=CC1(CC(C)C)OC. The van der Waals surface area contributed by atoms with Gasteiger partial charge >= 0.3 is 0 Å². The maximum atomic E-state index is 5.90. The summed E-state index contributed by atoms with van der Waals surface area (Å²) in [5.74, 6) is 2.54. The van der Waals surface area contributed by atoms with Crippen LogP contribution in [0.5, 0.6) is 0 Å². The van der Waals surface area contributed by atoms with E-state index >= 15 is 0 Å². The summed E-state index contributed by atoms with van der Waals surface area (Å²) < 4.78 is 5.90. The summed E-state index contributed by atoms with van der Waals surface area (Å²) in [5.41, 5.74) is 1.49. The second kappa shape index (κ2) is 5.60. The van der Waals surface area contributed by atoms with Crippen molar-refractivity contribution in [2.75, 3.05) is 7.11 Å². The molecule has 0 aliphatic heterocycles. The number of hydrogen-bond donors (Lipinski definition) is 0. The van der Waals surface area contributed by atoms with Gasteiger partial charge in [0.1, 0.15) is 7.28 Å². The molecule has 1 aliphatic carbocycles. The largest absolute Gasteiger partial charge is 0.374 e. The van der Waals surface area contributed by atoms with Gasteiger partial charge in [-0.25, -0.2) is 0 Å². The van der Waals surface area contributed by atoms with Gasteiger partial charge in [-0.3, -0.25) is 0 Å². The summed E-state index contributed by atoms with van der Waals surface area (Å²) in [6.45, 7) is 13.6. The Labute approximate surface area is 108 Å². The zero-order valence-electron chi connectivity index (χ0n) is 12.6. The summed E-state index contributed by atoms with van der Waals surface area (Å²) >= 11 is 0. The van der Waals surface area contributed by atoms with Gasteiger partial charge in [0.25, 0.3) is 0 Å². The Balaban J connectivity index is 2.94. The molecule has 0 aromatic rings. The van der Waals surface area contributed by atoms with E-state index in [1.807, 2.05) is 7.11 Å². The molecule has 0 saturated carbocycles. The van der Waals surface area contributed by atoms with Gasteiger partial charge in [0, 0.05) is 13.0 Å². The highest BCUT2D eigenvalue weighted by atomic mass is 16.5. The minimum atomic E-state index is -0.0142. The van der Waals surface area contributed by atoms with Gasteiger partial charge in [0.05, 0.1) is 5.60 Å².